The number of piperidine rings is 1. The van der Waals surface area contributed by atoms with Gasteiger partial charge in [0.2, 0.25) is 5.91 Å². The molecule has 0 saturated carbocycles. The zero-order valence-electron chi connectivity index (χ0n) is 11.3. The van der Waals surface area contributed by atoms with Gasteiger partial charge < -0.3 is 21.1 Å². The summed E-state index contributed by atoms with van der Waals surface area (Å²) in [7, 11) is 0. The molecule has 0 spiro atoms. The largest absolute Gasteiger partial charge is 0.480 e. The number of carboxylic acids is 1. The van der Waals surface area contributed by atoms with Crippen LogP contribution in [0.4, 0.5) is 4.79 Å². The molecular weight excluding hydrogens is 250 g/mol. The Morgan fingerprint density at radius 2 is 1.95 bits per heavy atom. The molecule has 2 atom stereocenters. The topological polar surface area (TPSA) is 113 Å². The van der Waals surface area contributed by atoms with Gasteiger partial charge in [0, 0.05) is 6.54 Å². The van der Waals surface area contributed by atoms with Crippen LogP contribution in [0, 0.1) is 5.92 Å². The molecule has 3 amide bonds. The normalized spacial score (nSPS) is 21.0. The quantitative estimate of drug-likeness (QED) is 0.675. The summed E-state index contributed by atoms with van der Waals surface area (Å²) in [5.74, 6) is -1.54. The third kappa shape index (κ3) is 3.84. The molecule has 4 N–H and O–H groups in total. The predicted octanol–water partition coefficient (Wildman–Crippen LogP) is 0.145. The van der Waals surface area contributed by atoms with E-state index < -0.39 is 24.1 Å². The fourth-order valence-corrected chi connectivity index (χ4v) is 2.30. The maximum atomic E-state index is 12.4. The van der Waals surface area contributed by atoms with Gasteiger partial charge in [-0.1, -0.05) is 13.8 Å². The highest BCUT2D eigenvalue weighted by atomic mass is 16.4. The van der Waals surface area contributed by atoms with Crippen molar-refractivity contribution in [3.63, 3.8) is 0 Å². The number of nitrogens with two attached hydrogens (primary N) is 1. The lowest BCUT2D eigenvalue weighted by Gasteiger charge is -2.36. The Bertz CT molecular complexity index is 370. The van der Waals surface area contributed by atoms with Gasteiger partial charge in [-0.3, -0.25) is 4.79 Å². The van der Waals surface area contributed by atoms with Crippen molar-refractivity contribution < 1.29 is 19.5 Å². The van der Waals surface area contributed by atoms with Gasteiger partial charge in [0.25, 0.3) is 0 Å². The maximum Gasteiger partial charge on any atom is 0.326 e. The number of nitrogens with one attached hydrogen (secondary N) is 1. The number of amides is 3. The molecule has 1 rings (SSSR count). The van der Waals surface area contributed by atoms with Crippen molar-refractivity contribution in [1.82, 2.24) is 10.2 Å². The van der Waals surface area contributed by atoms with Crippen LogP contribution in [0.15, 0.2) is 0 Å². The number of aliphatic carboxylic acids is 1. The Hall–Kier alpha value is -1.79. The molecule has 1 unspecified atom stereocenters. The molecule has 0 aliphatic carbocycles. The number of likely N-dealkylation sites (tertiary alicyclic amines) is 1. The lowest BCUT2D eigenvalue weighted by Crippen LogP contribution is -2.57. The first-order valence-electron chi connectivity index (χ1n) is 6.43. The molecule has 1 aliphatic rings. The number of urea groups is 1. The van der Waals surface area contributed by atoms with Gasteiger partial charge in [0.15, 0.2) is 0 Å². The lowest BCUT2D eigenvalue weighted by molar-refractivity contribution is -0.153. The highest BCUT2D eigenvalue weighted by Gasteiger charge is 2.36. The van der Waals surface area contributed by atoms with E-state index in [1.54, 1.807) is 13.8 Å². The molecule has 108 valence electrons. The van der Waals surface area contributed by atoms with Crippen molar-refractivity contribution in [2.75, 3.05) is 6.54 Å². The first-order chi connectivity index (χ1) is 8.84. The van der Waals surface area contributed by atoms with Gasteiger partial charge in [-0.25, -0.2) is 9.59 Å². The summed E-state index contributed by atoms with van der Waals surface area (Å²) in [5.41, 5.74) is 5.06. The Morgan fingerprint density at radius 1 is 1.32 bits per heavy atom. The van der Waals surface area contributed by atoms with Crippen LogP contribution in [0.2, 0.25) is 0 Å². The van der Waals surface area contributed by atoms with E-state index in [1.165, 1.54) is 4.90 Å². The van der Waals surface area contributed by atoms with Gasteiger partial charge in [-0.2, -0.15) is 0 Å². The smallest absolute Gasteiger partial charge is 0.326 e. The van der Waals surface area contributed by atoms with Gasteiger partial charge in [0.1, 0.15) is 12.1 Å². The third-order valence-corrected chi connectivity index (χ3v) is 3.30. The number of nitrogens with zero attached hydrogens (tertiary/aromatic N) is 1. The average Bonchev–Trinajstić information content (AvgIpc) is 2.34. The zero-order valence-corrected chi connectivity index (χ0v) is 11.3. The van der Waals surface area contributed by atoms with E-state index in [0.29, 0.717) is 13.0 Å². The van der Waals surface area contributed by atoms with Gasteiger partial charge in [-0.05, 0) is 25.2 Å². The molecular formula is C12H21N3O4. The Morgan fingerprint density at radius 3 is 2.42 bits per heavy atom. The second-order valence-corrected chi connectivity index (χ2v) is 5.11. The molecule has 19 heavy (non-hydrogen) atoms. The Labute approximate surface area is 112 Å². The summed E-state index contributed by atoms with van der Waals surface area (Å²) in [6.45, 7) is 3.95. The molecule has 0 aromatic heterocycles. The van der Waals surface area contributed by atoms with Crippen LogP contribution >= 0.6 is 0 Å². The van der Waals surface area contributed by atoms with Crippen molar-refractivity contribution >= 4 is 17.9 Å². The van der Waals surface area contributed by atoms with Gasteiger partial charge in [-0.15, -0.1) is 0 Å². The standard InChI is InChI=1S/C12H21N3O4/c1-7(2)9(14-12(13)19)10(16)15-6-4-3-5-8(15)11(17)18/h7-9H,3-6H2,1-2H3,(H,17,18)(H3,13,14,19)/t8-,9?/m1/s1. The van der Waals surface area contributed by atoms with Gasteiger partial charge in [0.05, 0.1) is 0 Å². The monoisotopic (exact) mass is 271 g/mol. The summed E-state index contributed by atoms with van der Waals surface area (Å²) in [4.78, 5) is 35.8. The number of carbonyl (C=O) groups excluding carboxylic acids is 2. The van der Waals surface area contributed by atoms with Crippen LogP contribution in [0.3, 0.4) is 0 Å². The fourth-order valence-electron chi connectivity index (χ4n) is 2.30. The maximum absolute atomic E-state index is 12.4. The molecule has 0 radical (unpaired) electrons. The fraction of sp³-hybridized carbons (Fsp3) is 0.750. The van der Waals surface area contributed by atoms with E-state index >= 15 is 0 Å². The van der Waals surface area contributed by atoms with Gasteiger partial charge >= 0.3 is 12.0 Å². The van der Waals surface area contributed by atoms with E-state index in [9.17, 15) is 14.4 Å². The molecule has 0 aromatic carbocycles. The van der Waals surface area contributed by atoms with E-state index in [0.717, 1.165) is 12.8 Å². The van der Waals surface area contributed by atoms with Crippen molar-refractivity contribution in [2.24, 2.45) is 11.7 Å². The van der Waals surface area contributed by atoms with Crippen molar-refractivity contribution in [2.45, 2.75) is 45.2 Å². The Kier molecular flexibility index (Phi) is 5.14. The third-order valence-electron chi connectivity index (χ3n) is 3.30. The van der Waals surface area contributed by atoms with E-state index in [-0.39, 0.29) is 11.8 Å². The summed E-state index contributed by atoms with van der Waals surface area (Å²) in [5, 5.41) is 11.5. The molecule has 1 heterocycles. The summed E-state index contributed by atoms with van der Waals surface area (Å²) < 4.78 is 0. The first kappa shape index (κ1) is 15.3. The second kappa shape index (κ2) is 6.40. The number of primary amides is 1. The lowest BCUT2D eigenvalue weighted by atomic mass is 9.97. The van der Waals surface area contributed by atoms with Crippen LogP contribution in [-0.4, -0.2) is 46.5 Å². The Balaban J connectivity index is 2.87. The minimum absolute atomic E-state index is 0.156. The zero-order chi connectivity index (χ0) is 14.6. The molecule has 0 aromatic rings. The summed E-state index contributed by atoms with van der Waals surface area (Å²) in [6.07, 6.45) is 2.01. The van der Waals surface area contributed by atoms with E-state index in [4.69, 9.17) is 10.8 Å². The van der Waals surface area contributed by atoms with Crippen molar-refractivity contribution in [1.29, 1.82) is 0 Å². The summed E-state index contributed by atoms with van der Waals surface area (Å²) >= 11 is 0. The SMILES string of the molecule is CC(C)C(NC(N)=O)C(=O)N1CCCC[C@@H]1C(=O)O. The number of rotatable bonds is 4. The average molecular weight is 271 g/mol. The van der Waals surface area contributed by atoms with Crippen LogP contribution in [0.25, 0.3) is 0 Å². The molecule has 1 saturated heterocycles. The highest BCUT2D eigenvalue weighted by molar-refractivity contribution is 5.90. The van der Waals surface area contributed by atoms with Crippen LogP contribution in [0.1, 0.15) is 33.1 Å². The van der Waals surface area contributed by atoms with Crippen LogP contribution < -0.4 is 11.1 Å². The van der Waals surface area contributed by atoms with E-state index in [2.05, 4.69) is 5.32 Å². The van der Waals surface area contributed by atoms with Crippen molar-refractivity contribution in [3.05, 3.63) is 0 Å². The van der Waals surface area contributed by atoms with E-state index in [1.807, 2.05) is 0 Å². The molecule has 7 nitrogen and oxygen atoms in total. The molecule has 1 fully saturated rings. The molecule has 1 aliphatic heterocycles. The second-order valence-electron chi connectivity index (χ2n) is 5.11. The minimum atomic E-state index is -1.00. The number of carbonyl (C=O) groups is 3. The number of hydrogen-bond donors (Lipinski definition) is 3. The highest BCUT2D eigenvalue weighted by Crippen LogP contribution is 2.19. The van der Waals surface area contributed by atoms with Crippen LogP contribution in [0.5, 0.6) is 0 Å². The van der Waals surface area contributed by atoms with Crippen LogP contribution in [-0.2, 0) is 9.59 Å². The number of hydrogen-bond acceptors (Lipinski definition) is 3. The minimum Gasteiger partial charge on any atom is -0.480 e. The number of carboxylic acid groups (broad SMARTS) is 1. The molecule has 7 heteroatoms. The first-order valence-corrected chi connectivity index (χ1v) is 6.43. The predicted molar refractivity (Wildman–Crippen MR) is 68.3 cm³/mol. The summed E-state index contributed by atoms with van der Waals surface area (Å²) in [6, 6.07) is -2.37. The van der Waals surface area contributed by atoms with Crippen molar-refractivity contribution in [3.8, 4) is 0 Å². The molecule has 0 bridgehead atoms.